The number of nitrogens with zero attached hydrogens (tertiary/aromatic N) is 2. The van der Waals surface area contributed by atoms with Crippen LogP contribution in [0.3, 0.4) is 0 Å². The molecule has 0 bridgehead atoms. The minimum atomic E-state index is -0.342. The van der Waals surface area contributed by atoms with E-state index in [0.717, 1.165) is 24.3 Å². The van der Waals surface area contributed by atoms with Crippen LogP contribution in [0.5, 0.6) is 0 Å². The zero-order chi connectivity index (χ0) is 20.8. The van der Waals surface area contributed by atoms with Crippen LogP contribution in [0.4, 0.5) is 15.8 Å². The van der Waals surface area contributed by atoms with Crippen LogP contribution in [0.15, 0.2) is 66.7 Å². The Kier molecular flexibility index (Phi) is 6.25. The van der Waals surface area contributed by atoms with Gasteiger partial charge in [0.05, 0.1) is 11.3 Å². The molecule has 0 radical (unpaired) electrons. The first-order valence-corrected chi connectivity index (χ1v) is 9.52. The van der Waals surface area contributed by atoms with Crippen molar-refractivity contribution in [2.45, 2.75) is 13.8 Å². The van der Waals surface area contributed by atoms with Crippen molar-refractivity contribution in [1.29, 1.82) is 5.26 Å². The molecular formula is C24H22FN3O. The Labute approximate surface area is 170 Å². The fourth-order valence-electron chi connectivity index (χ4n) is 3.22. The Morgan fingerprint density at radius 2 is 1.72 bits per heavy atom. The second kappa shape index (κ2) is 9.03. The van der Waals surface area contributed by atoms with Gasteiger partial charge in [0.1, 0.15) is 11.9 Å². The lowest BCUT2D eigenvalue weighted by molar-refractivity contribution is 0.102. The van der Waals surface area contributed by atoms with Gasteiger partial charge in [-0.2, -0.15) is 5.26 Å². The van der Waals surface area contributed by atoms with E-state index in [1.807, 2.05) is 18.2 Å². The second-order valence-electron chi connectivity index (χ2n) is 6.56. The molecule has 5 heteroatoms. The lowest BCUT2D eigenvalue weighted by atomic mass is 10.0. The standard InChI is InChI=1S/C24H22FN3O/c1-3-28(4-2)22-10-6-8-19(14-22)24(29)27-23-15-18(11-12-20(23)16-26)17-7-5-9-21(25)13-17/h5-15H,3-4H2,1-2H3,(H,27,29). The summed E-state index contributed by atoms with van der Waals surface area (Å²) in [5.74, 6) is -0.641. The maximum absolute atomic E-state index is 13.6. The third-order valence-electron chi connectivity index (χ3n) is 4.78. The Balaban J connectivity index is 1.91. The van der Waals surface area contributed by atoms with Crippen molar-refractivity contribution in [2.75, 3.05) is 23.3 Å². The van der Waals surface area contributed by atoms with Gasteiger partial charge in [-0.3, -0.25) is 4.79 Å². The Morgan fingerprint density at radius 1 is 1.00 bits per heavy atom. The van der Waals surface area contributed by atoms with Crippen LogP contribution >= 0.6 is 0 Å². The molecule has 0 saturated heterocycles. The van der Waals surface area contributed by atoms with Gasteiger partial charge in [-0.1, -0.05) is 24.3 Å². The maximum atomic E-state index is 13.6. The molecule has 0 atom stereocenters. The molecule has 3 rings (SSSR count). The number of carbonyl (C=O) groups excluding carboxylic acids is 1. The first-order chi connectivity index (χ1) is 14.0. The molecule has 0 aromatic heterocycles. The van der Waals surface area contributed by atoms with Crippen LogP contribution < -0.4 is 10.2 Å². The second-order valence-corrected chi connectivity index (χ2v) is 6.56. The summed E-state index contributed by atoms with van der Waals surface area (Å²) in [6.45, 7) is 5.81. The fraction of sp³-hybridized carbons (Fsp3) is 0.167. The van der Waals surface area contributed by atoms with E-state index >= 15 is 0 Å². The topological polar surface area (TPSA) is 56.1 Å². The molecule has 0 aliphatic rings. The van der Waals surface area contributed by atoms with E-state index in [4.69, 9.17) is 0 Å². The third-order valence-corrected chi connectivity index (χ3v) is 4.78. The summed E-state index contributed by atoms with van der Waals surface area (Å²) >= 11 is 0. The number of anilines is 2. The van der Waals surface area contributed by atoms with Gasteiger partial charge in [-0.25, -0.2) is 4.39 Å². The summed E-state index contributed by atoms with van der Waals surface area (Å²) < 4.78 is 13.6. The molecule has 0 fully saturated rings. The quantitative estimate of drug-likeness (QED) is 0.611. The number of hydrogen-bond acceptors (Lipinski definition) is 3. The molecule has 0 unspecified atom stereocenters. The zero-order valence-electron chi connectivity index (χ0n) is 16.4. The van der Waals surface area contributed by atoms with E-state index in [9.17, 15) is 14.4 Å². The number of rotatable bonds is 6. The summed E-state index contributed by atoms with van der Waals surface area (Å²) in [5.41, 5.74) is 3.61. The van der Waals surface area contributed by atoms with Gasteiger partial charge < -0.3 is 10.2 Å². The predicted octanol–water partition coefficient (Wildman–Crippen LogP) is 5.46. The van der Waals surface area contributed by atoms with Crippen LogP contribution in [-0.2, 0) is 0 Å². The van der Waals surface area contributed by atoms with Crippen LogP contribution in [0.1, 0.15) is 29.8 Å². The minimum Gasteiger partial charge on any atom is -0.372 e. The van der Waals surface area contributed by atoms with E-state index in [1.165, 1.54) is 12.1 Å². The van der Waals surface area contributed by atoms with Gasteiger partial charge in [-0.05, 0) is 67.4 Å². The third kappa shape index (κ3) is 4.61. The summed E-state index contributed by atoms with van der Waals surface area (Å²) in [4.78, 5) is 15.0. The number of benzene rings is 3. The van der Waals surface area contributed by atoms with Crippen LogP contribution in [0.2, 0.25) is 0 Å². The molecule has 1 amide bonds. The van der Waals surface area contributed by atoms with E-state index in [2.05, 4.69) is 30.1 Å². The average Bonchev–Trinajstić information content (AvgIpc) is 2.75. The van der Waals surface area contributed by atoms with Gasteiger partial charge in [0, 0.05) is 24.3 Å². The summed E-state index contributed by atoms with van der Waals surface area (Å²) in [5, 5.41) is 12.3. The van der Waals surface area contributed by atoms with E-state index in [0.29, 0.717) is 22.4 Å². The Hall–Kier alpha value is -3.65. The zero-order valence-corrected chi connectivity index (χ0v) is 16.4. The van der Waals surface area contributed by atoms with Crippen molar-refractivity contribution in [1.82, 2.24) is 0 Å². The molecule has 4 nitrogen and oxygen atoms in total. The maximum Gasteiger partial charge on any atom is 0.255 e. The van der Waals surface area contributed by atoms with E-state index in [-0.39, 0.29) is 11.7 Å². The Bertz CT molecular complexity index is 1070. The summed E-state index contributed by atoms with van der Waals surface area (Å²) in [6.07, 6.45) is 0. The van der Waals surface area contributed by atoms with Crippen LogP contribution in [-0.4, -0.2) is 19.0 Å². The monoisotopic (exact) mass is 387 g/mol. The molecule has 0 aliphatic heterocycles. The minimum absolute atomic E-state index is 0.299. The Morgan fingerprint density at radius 3 is 2.41 bits per heavy atom. The number of amides is 1. The molecule has 0 spiro atoms. The molecule has 3 aromatic rings. The number of nitrogens with one attached hydrogen (secondary N) is 1. The highest BCUT2D eigenvalue weighted by Gasteiger charge is 2.13. The van der Waals surface area contributed by atoms with Crippen molar-refractivity contribution in [3.63, 3.8) is 0 Å². The van der Waals surface area contributed by atoms with Crippen LogP contribution in [0.25, 0.3) is 11.1 Å². The molecule has 0 aliphatic carbocycles. The SMILES string of the molecule is CCN(CC)c1cccc(C(=O)Nc2cc(-c3cccc(F)c3)ccc2C#N)c1. The fourth-order valence-corrected chi connectivity index (χ4v) is 3.22. The van der Waals surface area contributed by atoms with Gasteiger partial charge >= 0.3 is 0 Å². The molecular weight excluding hydrogens is 365 g/mol. The van der Waals surface area contributed by atoms with Gasteiger partial charge in [-0.15, -0.1) is 0 Å². The molecule has 146 valence electrons. The van der Waals surface area contributed by atoms with Gasteiger partial charge in [0.2, 0.25) is 0 Å². The van der Waals surface area contributed by atoms with Crippen molar-refractivity contribution in [2.24, 2.45) is 0 Å². The number of hydrogen-bond donors (Lipinski definition) is 1. The average molecular weight is 387 g/mol. The van der Waals surface area contributed by atoms with Crippen molar-refractivity contribution in [3.05, 3.63) is 83.7 Å². The normalized spacial score (nSPS) is 10.3. The predicted molar refractivity (Wildman–Crippen MR) is 115 cm³/mol. The van der Waals surface area contributed by atoms with Gasteiger partial charge in [0.25, 0.3) is 5.91 Å². The summed E-state index contributed by atoms with van der Waals surface area (Å²) in [6, 6.07) is 20.7. The highest BCUT2D eigenvalue weighted by molar-refractivity contribution is 6.05. The van der Waals surface area contributed by atoms with Crippen LogP contribution in [0, 0.1) is 17.1 Å². The van der Waals surface area contributed by atoms with E-state index < -0.39 is 0 Å². The highest BCUT2D eigenvalue weighted by Crippen LogP contribution is 2.27. The van der Waals surface area contributed by atoms with Gasteiger partial charge in [0.15, 0.2) is 0 Å². The van der Waals surface area contributed by atoms with E-state index in [1.54, 1.807) is 36.4 Å². The van der Waals surface area contributed by atoms with Crippen molar-refractivity contribution >= 4 is 17.3 Å². The highest BCUT2D eigenvalue weighted by atomic mass is 19.1. The lowest BCUT2D eigenvalue weighted by Gasteiger charge is -2.21. The molecule has 3 aromatic carbocycles. The van der Waals surface area contributed by atoms with Crippen molar-refractivity contribution in [3.8, 4) is 17.2 Å². The summed E-state index contributed by atoms with van der Waals surface area (Å²) in [7, 11) is 0. The number of carbonyl (C=O) groups is 1. The largest absolute Gasteiger partial charge is 0.372 e. The lowest BCUT2D eigenvalue weighted by Crippen LogP contribution is -2.22. The first kappa shape index (κ1) is 20.1. The first-order valence-electron chi connectivity index (χ1n) is 9.52. The van der Waals surface area contributed by atoms with Crippen molar-refractivity contribution < 1.29 is 9.18 Å². The smallest absolute Gasteiger partial charge is 0.255 e. The number of halogens is 1. The molecule has 0 heterocycles. The number of nitriles is 1. The molecule has 29 heavy (non-hydrogen) atoms. The molecule has 1 N–H and O–H groups in total. The molecule has 0 saturated carbocycles.